The lowest BCUT2D eigenvalue weighted by Gasteiger charge is -2.26. The van der Waals surface area contributed by atoms with Crippen molar-refractivity contribution in [2.45, 2.75) is 51.6 Å². The minimum absolute atomic E-state index is 0.141. The van der Waals surface area contributed by atoms with Gasteiger partial charge in [-0.2, -0.15) is 0 Å². The van der Waals surface area contributed by atoms with Gasteiger partial charge < -0.3 is 5.11 Å². The molecule has 1 heterocycles. The molecule has 1 N–H and O–H groups in total. The van der Waals surface area contributed by atoms with Gasteiger partial charge in [0.05, 0.1) is 16.5 Å². The second kappa shape index (κ2) is 5.08. The Kier molecular flexibility index (Phi) is 3.76. The van der Waals surface area contributed by atoms with Crippen molar-refractivity contribution >= 4 is 11.3 Å². The number of aromatic nitrogens is 1. The van der Waals surface area contributed by atoms with Crippen molar-refractivity contribution in [1.29, 1.82) is 0 Å². The number of thiazole rings is 1. The summed E-state index contributed by atoms with van der Waals surface area (Å²) in [5.41, 5.74) is 0. The molecule has 1 aromatic heterocycles. The zero-order valence-electron chi connectivity index (χ0n) is 9.28. The molecule has 0 aliphatic heterocycles. The molecule has 0 bridgehead atoms. The summed E-state index contributed by atoms with van der Waals surface area (Å²) in [4.78, 5) is 5.42. The summed E-state index contributed by atoms with van der Waals surface area (Å²) in [5, 5.41) is 10.2. The normalized spacial score (nSPS) is 26.8. The van der Waals surface area contributed by atoms with E-state index < -0.39 is 0 Å². The van der Waals surface area contributed by atoms with Crippen LogP contribution in [0.25, 0.3) is 0 Å². The average molecular weight is 225 g/mol. The maximum Gasteiger partial charge on any atom is 0.0959 e. The summed E-state index contributed by atoms with van der Waals surface area (Å²) in [7, 11) is 0. The molecule has 1 aromatic rings. The van der Waals surface area contributed by atoms with Gasteiger partial charge >= 0.3 is 0 Å². The van der Waals surface area contributed by atoms with E-state index in [4.69, 9.17) is 5.11 Å². The van der Waals surface area contributed by atoms with E-state index in [2.05, 4.69) is 11.9 Å². The van der Waals surface area contributed by atoms with Crippen LogP contribution in [0.5, 0.6) is 0 Å². The molecule has 15 heavy (non-hydrogen) atoms. The SMILES string of the molecule is CCC1CCC(c2ncc(CO)s2)CC1. The van der Waals surface area contributed by atoms with Crippen LogP contribution in [-0.4, -0.2) is 10.1 Å². The van der Waals surface area contributed by atoms with Crippen LogP contribution in [0.4, 0.5) is 0 Å². The number of rotatable bonds is 3. The van der Waals surface area contributed by atoms with Crippen molar-refractivity contribution in [2.75, 3.05) is 0 Å². The van der Waals surface area contributed by atoms with Crippen LogP contribution in [0.3, 0.4) is 0 Å². The predicted octanol–water partition coefficient (Wildman–Crippen LogP) is 3.32. The Labute approximate surface area is 95.4 Å². The first kappa shape index (κ1) is 11.1. The topological polar surface area (TPSA) is 33.1 Å². The lowest BCUT2D eigenvalue weighted by atomic mass is 9.81. The van der Waals surface area contributed by atoms with Crippen molar-refractivity contribution in [3.05, 3.63) is 16.1 Å². The lowest BCUT2D eigenvalue weighted by Crippen LogP contribution is -2.12. The Hall–Kier alpha value is -0.410. The van der Waals surface area contributed by atoms with Crippen molar-refractivity contribution in [3.8, 4) is 0 Å². The molecule has 2 rings (SSSR count). The van der Waals surface area contributed by atoms with Gasteiger partial charge in [-0.3, -0.25) is 0 Å². The summed E-state index contributed by atoms with van der Waals surface area (Å²) < 4.78 is 0. The Morgan fingerprint density at radius 1 is 1.40 bits per heavy atom. The summed E-state index contributed by atoms with van der Waals surface area (Å²) in [6, 6.07) is 0. The zero-order chi connectivity index (χ0) is 10.7. The van der Waals surface area contributed by atoms with Gasteiger partial charge in [-0.15, -0.1) is 11.3 Å². The van der Waals surface area contributed by atoms with Crippen LogP contribution in [0.2, 0.25) is 0 Å². The smallest absolute Gasteiger partial charge is 0.0959 e. The van der Waals surface area contributed by atoms with Gasteiger partial charge in [-0.05, 0) is 31.6 Å². The van der Waals surface area contributed by atoms with E-state index in [1.165, 1.54) is 37.1 Å². The van der Waals surface area contributed by atoms with Crippen LogP contribution in [0, 0.1) is 5.92 Å². The standard InChI is InChI=1S/C12H19NOS/c1-2-9-3-5-10(6-4-9)12-13-7-11(8-14)15-12/h7,9-10,14H,2-6,8H2,1H3. The Balaban J connectivity index is 1.95. The highest BCUT2D eigenvalue weighted by Gasteiger charge is 2.23. The molecule has 0 saturated heterocycles. The fourth-order valence-electron chi connectivity index (χ4n) is 2.40. The Bertz CT molecular complexity index is 302. The number of hydrogen-bond donors (Lipinski definition) is 1. The molecule has 84 valence electrons. The van der Waals surface area contributed by atoms with Gasteiger partial charge in [0.15, 0.2) is 0 Å². The first-order chi connectivity index (χ1) is 7.33. The first-order valence-corrected chi connectivity index (χ1v) is 6.70. The van der Waals surface area contributed by atoms with Crippen molar-refractivity contribution < 1.29 is 5.11 Å². The molecule has 1 aliphatic carbocycles. The van der Waals surface area contributed by atoms with Crippen LogP contribution in [0.15, 0.2) is 6.20 Å². The molecule has 0 unspecified atom stereocenters. The fraction of sp³-hybridized carbons (Fsp3) is 0.750. The summed E-state index contributed by atoms with van der Waals surface area (Å²) in [6.07, 6.45) is 8.44. The van der Waals surface area contributed by atoms with Gasteiger partial charge in [0, 0.05) is 12.1 Å². The Morgan fingerprint density at radius 2 is 2.13 bits per heavy atom. The third-order valence-electron chi connectivity index (χ3n) is 3.50. The first-order valence-electron chi connectivity index (χ1n) is 5.89. The minimum Gasteiger partial charge on any atom is -0.391 e. The maximum absolute atomic E-state index is 9.00. The van der Waals surface area contributed by atoms with E-state index in [0.717, 1.165) is 10.8 Å². The van der Waals surface area contributed by atoms with E-state index in [1.54, 1.807) is 11.3 Å². The minimum atomic E-state index is 0.141. The van der Waals surface area contributed by atoms with Crippen molar-refractivity contribution in [3.63, 3.8) is 0 Å². The maximum atomic E-state index is 9.00. The van der Waals surface area contributed by atoms with Gasteiger partial charge in [0.2, 0.25) is 0 Å². The molecule has 2 nitrogen and oxygen atoms in total. The highest BCUT2D eigenvalue weighted by atomic mass is 32.1. The molecule has 3 heteroatoms. The van der Waals surface area contributed by atoms with Gasteiger partial charge in [-0.1, -0.05) is 13.3 Å². The lowest BCUT2D eigenvalue weighted by molar-refractivity contribution is 0.285. The average Bonchev–Trinajstić information content (AvgIpc) is 2.78. The molecular weight excluding hydrogens is 206 g/mol. The second-order valence-electron chi connectivity index (χ2n) is 4.45. The number of hydrogen-bond acceptors (Lipinski definition) is 3. The van der Waals surface area contributed by atoms with Crippen molar-refractivity contribution in [1.82, 2.24) is 4.98 Å². The molecule has 0 atom stereocenters. The summed E-state index contributed by atoms with van der Waals surface area (Å²) in [6.45, 7) is 2.43. The van der Waals surface area contributed by atoms with Crippen molar-refractivity contribution in [2.24, 2.45) is 5.92 Å². The largest absolute Gasteiger partial charge is 0.391 e. The van der Waals surface area contributed by atoms with E-state index in [0.29, 0.717) is 5.92 Å². The molecule has 0 spiro atoms. The van der Waals surface area contributed by atoms with E-state index >= 15 is 0 Å². The summed E-state index contributed by atoms with van der Waals surface area (Å²) >= 11 is 1.69. The predicted molar refractivity (Wildman–Crippen MR) is 63.0 cm³/mol. The van der Waals surface area contributed by atoms with Gasteiger partial charge in [0.1, 0.15) is 0 Å². The van der Waals surface area contributed by atoms with Gasteiger partial charge in [-0.25, -0.2) is 4.98 Å². The number of aliphatic hydroxyl groups excluding tert-OH is 1. The molecule has 1 aliphatic rings. The second-order valence-corrected chi connectivity index (χ2v) is 5.60. The summed E-state index contributed by atoms with van der Waals surface area (Å²) in [5.74, 6) is 1.61. The van der Waals surface area contributed by atoms with Gasteiger partial charge in [0.25, 0.3) is 0 Å². The highest BCUT2D eigenvalue weighted by molar-refractivity contribution is 7.11. The van der Waals surface area contributed by atoms with Crippen LogP contribution < -0.4 is 0 Å². The van der Waals surface area contributed by atoms with Crippen LogP contribution in [-0.2, 0) is 6.61 Å². The molecule has 0 aromatic carbocycles. The third-order valence-corrected chi connectivity index (χ3v) is 4.65. The molecule has 1 saturated carbocycles. The van der Waals surface area contributed by atoms with E-state index in [-0.39, 0.29) is 6.61 Å². The Morgan fingerprint density at radius 3 is 2.67 bits per heavy atom. The molecule has 1 fully saturated rings. The molecule has 0 amide bonds. The van der Waals surface area contributed by atoms with E-state index in [1.807, 2.05) is 6.20 Å². The quantitative estimate of drug-likeness (QED) is 0.856. The monoisotopic (exact) mass is 225 g/mol. The third kappa shape index (κ3) is 2.58. The van der Waals surface area contributed by atoms with Crippen LogP contribution >= 0.6 is 11.3 Å². The van der Waals surface area contributed by atoms with E-state index in [9.17, 15) is 0 Å². The number of nitrogens with zero attached hydrogens (tertiary/aromatic N) is 1. The highest BCUT2D eigenvalue weighted by Crippen LogP contribution is 2.38. The fourth-order valence-corrected chi connectivity index (χ4v) is 3.35. The molecule has 0 radical (unpaired) electrons. The zero-order valence-corrected chi connectivity index (χ0v) is 10.1. The molecular formula is C12H19NOS. The number of aliphatic hydroxyl groups is 1. The van der Waals surface area contributed by atoms with Crippen LogP contribution in [0.1, 0.15) is 54.8 Å².